The van der Waals surface area contributed by atoms with E-state index in [0.717, 1.165) is 30.7 Å². The second-order valence-corrected chi connectivity index (χ2v) is 6.71. The molecule has 5 heteroatoms. The number of hydrogen-bond donors (Lipinski definition) is 1. The van der Waals surface area contributed by atoms with Crippen molar-refractivity contribution in [3.63, 3.8) is 0 Å². The molecule has 2 atom stereocenters. The molecule has 0 amide bonds. The summed E-state index contributed by atoms with van der Waals surface area (Å²) in [5, 5.41) is 10.5. The Hall–Kier alpha value is -2.50. The first kappa shape index (κ1) is 16.9. The van der Waals surface area contributed by atoms with E-state index < -0.39 is 6.10 Å². The van der Waals surface area contributed by atoms with E-state index in [-0.39, 0.29) is 6.10 Å². The summed E-state index contributed by atoms with van der Waals surface area (Å²) in [6.07, 6.45) is 9.88. The molecule has 1 N–H and O–H groups in total. The van der Waals surface area contributed by atoms with Crippen molar-refractivity contribution >= 4 is 0 Å². The van der Waals surface area contributed by atoms with Gasteiger partial charge in [-0.1, -0.05) is 24.3 Å². The van der Waals surface area contributed by atoms with Crippen LogP contribution >= 0.6 is 0 Å². The van der Waals surface area contributed by atoms with Gasteiger partial charge in [0.2, 0.25) is 0 Å². The third-order valence-corrected chi connectivity index (χ3v) is 4.87. The van der Waals surface area contributed by atoms with Crippen LogP contribution in [0.2, 0.25) is 0 Å². The molecular weight excluding hydrogens is 326 g/mol. The maximum absolute atomic E-state index is 10.5. The van der Waals surface area contributed by atoms with Gasteiger partial charge < -0.3 is 14.4 Å². The molecule has 0 radical (unpaired) electrons. The van der Waals surface area contributed by atoms with Crippen molar-refractivity contribution in [2.75, 3.05) is 6.61 Å². The highest BCUT2D eigenvalue weighted by Gasteiger charge is 2.21. The normalized spacial score (nSPS) is 17.7. The van der Waals surface area contributed by atoms with Crippen LogP contribution in [0.15, 0.2) is 61.2 Å². The van der Waals surface area contributed by atoms with Gasteiger partial charge in [0.25, 0.3) is 0 Å². The Morgan fingerprint density at radius 1 is 1.15 bits per heavy atom. The Balaban J connectivity index is 1.39. The minimum Gasteiger partial charge on any atom is -0.389 e. The molecule has 26 heavy (non-hydrogen) atoms. The summed E-state index contributed by atoms with van der Waals surface area (Å²) < 4.78 is 8.03. The molecule has 1 aliphatic carbocycles. The second-order valence-electron chi connectivity index (χ2n) is 6.71. The molecule has 4 rings (SSSR count). The SMILES string of the molecule is O[C@@H](CO[C@H]1CCCc2ccccc21)Cn1ccnc1-c1ccncc1. The van der Waals surface area contributed by atoms with Gasteiger partial charge >= 0.3 is 0 Å². The van der Waals surface area contributed by atoms with Crippen molar-refractivity contribution in [1.29, 1.82) is 0 Å². The van der Waals surface area contributed by atoms with Gasteiger partial charge in [0, 0.05) is 30.4 Å². The Labute approximate surface area is 153 Å². The van der Waals surface area contributed by atoms with Crippen LogP contribution in [0.5, 0.6) is 0 Å². The summed E-state index contributed by atoms with van der Waals surface area (Å²) >= 11 is 0. The lowest BCUT2D eigenvalue weighted by Crippen LogP contribution is -2.24. The summed E-state index contributed by atoms with van der Waals surface area (Å²) in [5.41, 5.74) is 3.62. The quantitative estimate of drug-likeness (QED) is 0.741. The largest absolute Gasteiger partial charge is 0.389 e. The molecule has 0 fully saturated rings. The average molecular weight is 349 g/mol. The highest BCUT2D eigenvalue weighted by molar-refractivity contribution is 5.54. The highest BCUT2D eigenvalue weighted by Crippen LogP contribution is 2.32. The third kappa shape index (κ3) is 3.69. The van der Waals surface area contributed by atoms with Crippen LogP contribution in [0.25, 0.3) is 11.4 Å². The zero-order valence-electron chi connectivity index (χ0n) is 14.7. The number of ether oxygens (including phenoxy) is 1. The zero-order valence-corrected chi connectivity index (χ0v) is 14.7. The van der Waals surface area contributed by atoms with Gasteiger partial charge in [-0.05, 0) is 42.5 Å². The summed E-state index contributed by atoms with van der Waals surface area (Å²) in [4.78, 5) is 8.44. The molecule has 0 aliphatic heterocycles. The van der Waals surface area contributed by atoms with Crippen molar-refractivity contribution in [1.82, 2.24) is 14.5 Å². The van der Waals surface area contributed by atoms with E-state index in [4.69, 9.17) is 4.74 Å². The van der Waals surface area contributed by atoms with Gasteiger partial charge in [0.1, 0.15) is 5.82 Å². The summed E-state index contributed by atoms with van der Waals surface area (Å²) in [5.74, 6) is 0.828. The van der Waals surface area contributed by atoms with E-state index in [1.54, 1.807) is 18.6 Å². The molecule has 0 spiro atoms. The number of aromatic nitrogens is 3. The molecule has 5 nitrogen and oxygen atoms in total. The molecule has 2 heterocycles. The van der Waals surface area contributed by atoms with E-state index >= 15 is 0 Å². The molecule has 1 aliphatic rings. The van der Waals surface area contributed by atoms with Crippen LogP contribution in [0.4, 0.5) is 0 Å². The topological polar surface area (TPSA) is 60.2 Å². The van der Waals surface area contributed by atoms with Gasteiger partial charge in [-0.2, -0.15) is 0 Å². The molecule has 0 unspecified atom stereocenters. The maximum atomic E-state index is 10.5. The van der Waals surface area contributed by atoms with Crippen molar-refractivity contribution < 1.29 is 9.84 Å². The van der Waals surface area contributed by atoms with E-state index in [1.165, 1.54) is 11.1 Å². The minimum absolute atomic E-state index is 0.0806. The number of aliphatic hydroxyl groups excluding tert-OH is 1. The van der Waals surface area contributed by atoms with Crippen molar-refractivity contribution in [3.8, 4) is 11.4 Å². The van der Waals surface area contributed by atoms with Gasteiger partial charge in [0.05, 0.1) is 25.4 Å². The van der Waals surface area contributed by atoms with Crippen molar-refractivity contribution in [2.24, 2.45) is 0 Å². The number of imidazole rings is 1. The number of aryl methyl sites for hydroxylation is 1. The first-order valence-corrected chi connectivity index (χ1v) is 9.10. The van der Waals surface area contributed by atoms with E-state index in [1.807, 2.05) is 22.9 Å². The van der Waals surface area contributed by atoms with Gasteiger partial charge in [0.15, 0.2) is 0 Å². The number of aliphatic hydroxyl groups is 1. The molecule has 1 aromatic carbocycles. The minimum atomic E-state index is -0.584. The van der Waals surface area contributed by atoms with E-state index in [0.29, 0.717) is 13.2 Å². The average Bonchev–Trinajstić information content (AvgIpc) is 3.15. The monoisotopic (exact) mass is 349 g/mol. The Morgan fingerprint density at radius 3 is 2.88 bits per heavy atom. The number of rotatable bonds is 6. The fourth-order valence-electron chi connectivity index (χ4n) is 3.61. The predicted octanol–water partition coefficient (Wildman–Crippen LogP) is 3.40. The third-order valence-electron chi connectivity index (χ3n) is 4.87. The van der Waals surface area contributed by atoms with Crippen LogP contribution in [0, 0.1) is 0 Å². The first-order chi connectivity index (χ1) is 12.8. The highest BCUT2D eigenvalue weighted by atomic mass is 16.5. The van der Waals surface area contributed by atoms with Crippen LogP contribution < -0.4 is 0 Å². The maximum Gasteiger partial charge on any atom is 0.140 e. The zero-order chi connectivity index (χ0) is 17.8. The summed E-state index contributed by atoms with van der Waals surface area (Å²) in [6.45, 7) is 0.763. The Morgan fingerprint density at radius 2 is 2.00 bits per heavy atom. The smallest absolute Gasteiger partial charge is 0.140 e. The number of fused-ring (bicyclic) bond motifs is 1. The van der Waals surface area contributed by atoms with Crippen LogP contribution in [-0.4, -0.2) is 32.4 Å². The molecule has 3 aromatic rings. The molecular formula is C21H23N3O2. The van der Waals surface area contributed by atoms with Crippen LogP contribution in [0.3, 0.4) is 0 Å². The van der Waals surface area contributed by atoms with Gasteiger partial charge in [-0.25, -0.2) is 4.98 Å². The Kier molecular flexibility index (Phi) is 5.09. The van der Waals surface area contributed by atoms with E-state index in [9.17, 15) is 5.11 Å². The number of nitrogens with zero attached hydrogens (tertiary/aromatic N) is 3. The number of hydrogen-bond acceptors (Lipinski definition) is 4. The summed E-state index contributed by atoms with van der Waals surface area (Å²) in [6, 6.07) is 12.3. The van der Waals surface area contributed by atoms with E-state index in [2.05, 4.69) is 34.2 Å². The van der Waals surface area contributed by atoms with Gasteiger partial charge in [-0.3, -0.25) is 4.98 Å². The summed E-state index contributed by atoms with van der Waals surface area (Å²) in [7, 11) is 0. The molecule has 2 aromatic heterocycles. The Bertz CT molecular complexity index is 847. The van der Waals surface area contributed by atoms with Crippen LogP contribution in [0.1, 0.15) is 30.1 Å². The fraction of sp³-hybridized carbons (Fsp3) is 0.333. The fourth-order valence-corrected chi connectivity index (χ4v) is 3.61. The second kappa shape index (κ2) is 7.81. The van der Waals surface area contributed by atoms with Crippen LogP contribution in [-0.2, 0) is 17.7 Å². The lowest BCUT2D eigenvalue weighted by Gasteiger charge is -2.26. The molecule has 0 saturated heterocycles. The predicted molar refractivity (Wildman–Crippen MR) is 99.5 cm³/mol. The molecule has 134 valence electrons. The lowest BCUT2D eigenvalue weighted by molar-refractivity contribution is -0.0224. The van der Waals surface area contributed by atoms with Gasteiger partial charge in [-0.15, -0.1) is 0 Å². The van der Waals surface area contributed by atoms with Crippen molar-refractivity contribution in [3.05, 3.63) is 72.3 Å². The molecule has 0 bridgehead atoms. The lowest BCUT2D eigenvalue weighted by atomic mass is 9.89. The van der Waals surface area contributed by atoms with Crippen molar-refractivity contribution in [2.45, 2.75) is 38.0 Å². The first-order valence-electron chi connectivity index (χ1n) is 9.10. The number of benzene rings is 1. The standard InChI is InChI=1S/C21H23N3O2/c25-18(14-24-13-12-23-21(24)17-8-10-22-11-9-17)15-26-20-7-3-5-16-4-1-2-6-19(16)20/h1-2,4,6,8-13,18,20,25H,3,5,7,14-15H2/t18-,20+/m1/s1. The molecule has 0 saturated carbocycles. The number of pyridine rings is 1.